The van der Waals surface area contributed by atoms with Gasteiger partial charge in [0.25, 0.3) is 0 Å². The van der Waals surface area contributed by atoms with Crippen LogP contribution in [0.4, 0.5) is 0 Å². The molecule has 2 saturated heterocycles. The van der Waals surface area contributed by atoms with Crippen molar-refractivity contribution in [3.63, 3.8) is 0 Å². The molecule has 16 N–H and O–H groups in total. The molecule has 0 bridgehead atoms. The van der Waals surface area contributed by atoms with E-state index < -0.39 is 109 Å². The van der Waals surface area contributed by atoms with Crippen LogP contribution in [-0.4, -0.2) is 185 Å². The predicted molar refractivity (Wildman–Crippen MR) is 297 cm³/mol. The number of aliphatic hydroxyl groups is 7. The fourth-order valence-electron chi connectivity index (χ4n) is 11.2. The molecule has 12 unspecified atom stereocenters. The minimum atomic E-state index is -3.47. The molecule has 3 aliphatic rings. The molecule has 3 aromatic carbocycles. The number of rotatable bonds is 23. The van der Waals surface area contributed by atoms with Crippen molar-refractivity contribution in [2.75, 3.05) is 39.5 Å². The summed E-state index contributed by atoms with van der Waals surface area (Å²) in [6.07, 6.45) is -2.37. The third kappa shape index (κ3) is 12.1. The number of esters is 1. The molecule has 12 atom stereocenters. The SMILES string of the molecule is Cc1cc(C)cc(-c2c3[nH]ccc3cn2OC2C(Oc3ccc4c(=O)c(-c5ccc(O)cc5)coc4c3)OC(C(CO)(NC(N)=NCC3C=CC4CNC(O)CC4N3)OC(=O)C(NCCC=O)C(=O)O)C(O)(CO)C2(O)C(O)CCCO)c1. The van der Waals surface area contributed by atoms with E-state index in [-0.39, 0.29) is 65.9 Å². The number of hydrogen-bond acceptors (Lipinski definition) is 21. The number of nitrogens with two attached hydrogens (primary N) is 1. The van der Waals surface area contributed by atoms with Crippen LogP contribution in [0.15, 0.2) is 112 Å². The zero-order valence-electron chi connectivity index (χ0n) is 45.3. The number of nitrogens with one attached hydrogen (secondary N) is 5. The lowest BCUT2D eigenvalue weighted by Gasteiger charge is -2.59. The number of carboxylic acid groups (broad SMARTS) is 1. The number of aromatic nitrogens is 2. The van der Waals surface area contributed by atoms with E-state index in [1.807, 2.05) is 44.2 Å². The van der Waals surface area contributed by atoms with Gasteiger partial charge in [-0.3, -0.25) is 20.4 Å². The normalized spacial score (nSPS) is 25.9. The second-order valence-corrected chi connectivity index (χ2v) is 21.1. The molecule has 26 nitrogen and oxygen atoms in total. The molecule has 6 aromatic rings. The third-order valence-corrected chi connectivity index (χ3v) is 15.3. The molecule has 0 amide bonds. The number of phenolic OH excluding ortho intramolecular Hbond substituents is 1. The van der Waals surface area contributed by atoms with Crippen molar-refractivity contribution in [2.24, 2.45) is 16.6 Å². The molecule has 3 aromatic heterocycles. The van der Waals surface area contributed by atoms with Gasteiger partial charge in [0.05, 0.1) is 41.9 Å². The Morgan fingerprint density at radius 2 is 1.80 bits per heavy atom. The summed E-state index contributed by atoms with van der Waals surface area (Å²) in [6.45, 7) is -0.0642. The van der Waals surface area contributed by atoms with Gasteiger partial charge in [-0.2, -0.15) is 4.73 Å². The maximum atomic E-state index is 14.4. The Labute approximate surface area is 473 Å². The predicted octanol–water partition coefficient (Wildman–Crippen LogP) is -0.486. The van der Waals surface area contributed by atoms with Crippen LogP contribution in [0.1, 0.15) is 36.8 Å². The number of piperidine rings is 1. The molecule has 0 spiro atoms. The van der Waals surface area contributed by atoms with Gasteiger partial charge in [0.1, 0.15) is 48.2 Å². The van der Waals surface area contributed by atoms with Crippen LogP contribution in [0.3, 0.4) is 0 Å². The van der Waals surface area contributed by atoms with Crippen LogP contribution in [0, 0.1) is 19.8 Å². The summed E-state index contributed by atoms with van der Waals surface area (Å²) in [4.78, 5) is 66.9. The zero-order valence-corrected chi connectivity index (χ0v) is 45.3. The number of carbonyl (C=O) groups excluding carboxylic acids is 2. The number of aromatic amines is 1. The molecular weight excluding hydrogens is 1080 g/mol. The van der Waals surface area contributed by atoms with Crippen molar-refractivity contribution in [3.05, 3.63) is 119 Å². The van der Waals surface area contributed by atoms with Gasteiger partial charge in [0.2, 0.25) is 24.2 Å². The topological polar surface area (TPSA) is 408 Å². The van der Waals surface area contributed by atoms with Crippen LogP contribution in [0.25, 0.3) is 44.3 Å². The Balaban J connectivity index is 1.21. The van der Waals surface area contributed by atoms with E-state index in [2.05, 4.69) is 31.2 Å². The molecule has 6 heterocycles. The second-order valence-electron chi connectivity index (χ2n) is 21.1. The Hall–Kier alpha value is -7.73. The van der Waals surface area contributed by atoms with E-state index in [1.165, 1.54) is 59.7 Å². The molecule has 2 fully saturated rings. The highest BCUT2D eigenvalue weighted by Gasteiger charge is 2.75. The van der Waals surface area contributed by atoms with Gasteiger partial charge in [-0.25, -0.2) is 9.59 Å². The molecule has 0 saturated carbocycles. The van der Waals surface area contributed by atoms with E-state index >= 15 is 0 Å². The molecule has 83 heavy (non-hydrogen) atoms. The largest absolute Gasteiger partial charge is 0.508 e. The number of fused-ring (bicyclic) bond motifs is 3. The number of aryl methyl sites for hydroxylation is 2. The number of ether oxygens (including phenoxy) is 3. The number of H-pyrrole nitrogens is 1. The van der Waals surface area contributed by atoms with Gasteiger partial charge in [-0.1, -0.05) is 41.5 Å². The maximum Gasteiger partial charge on any atom is 0.337 e. The van der Waals surface area contributed by atoms with Crippen molar-refractivity contribution in [1.82, 2.24) is 31.0 Å². The lowest BCUT2D eigenvalue weighted by Crippen LogP contribution is -2.86. The van der Waals surface area contributed by atoms with Crippen molar-refractivity contribution in [1.29, 1.82) is 0 Å². The van der Waals surface area contributed by atoms with Gasteiger partial charge in [-0.15, -0.1) is 0 Å². The van der Waals surface area contributed by atoms with Gasteiger partial charge >= 0.3 is 11.9 Å². The Morgan fingerprint density at radius 3 is 2.49 bits per heavy atom. The lowest BCUT2D eigenvalue weighted by atomic mass is 9.66. The van der Waals surface area contributed by atoms with Crippen molar-refractivity contribution < 1.29 is 83.8 Å². The van der Waals surface area contributed by atoms with Gasteiger partial charge in [0.15, 0.2) is 28.7 Å². The van der Waals surface area contributed by atoms with Crippen molar-refractivity contribution in [2.45, 2.75) is 105 Å². The number of guanidine groups is 1. The zero-order chi connectivity index (χ0) is 59.4. The molecule has 0 aliphatic carbocycles. The van der Waals surface area contributed by atoms with E-state index in [0.29, 0.717) is 47.0 Å². The fourth-order valence-corrected chi connectivity index (χ4v) is 11.2. The first-order chi connectivity index (χ1) is 39.8. The fraction of sp³-hybridized carbons (Fsp3) is 0.421. The number of aromatic hydroxyl groups is 1. The monoisotopic (exact) mass is 1150 g/mol. The Bertz CT molecular complexity index is 3400. The summed E-state index contributed by atoms with van der Waals surface area (Å²) in [7, 11) is 0. The first-order valence-electron chi connectivity index (χ1n) is 26.9. The van der Waals surface area contributed by atoms with Crippen LogP contribution in [0.5, 0.6) is 11.5 Å². The molecule has 3 aliphatic heterocycles. The van der Waals surface area contributed by atoms with Gasteiger partial charge < -0.3 is 95.6 Å². The molecule has 0 radical (unpaired) electrons. The smallest absolute Gasteiger partial charge is 0.337 e. The number of aliphatic hydroxyl groups excluding tert-OH is 5. The van der Waals surface area contributed by atoms with Crippen molar-refractivity contribution >= 4 is 46.1 Å². The highest BCUT2D eigenvalue weighted by atomic mass is 16.8. The number of aldehydes is 1. The first-order valence-corrected chi connectivity index (χ1v) is 26.9. The average Bonchev–Trinajstić information content (AvgIpc) is 0.884. The second kappa shape index (κ2) is 25.0. The van der Waals surface area contributed by atoms with E-state index in [9.17, 15) is 65.1 Å². The Kier molecular flexibility index (Phi) is 18.0. The molecule has 26 heteroatoms. The summed E-state index contributed by atoms with van der Waals surface area (Å²) >= 11 is 0. The molecular formula is C57H68N8O18. The highest BCUT2D eigenvalue weighted by Crippen LogP contribution is 2.47. The van der Waals surface area contributed by atoms with E-state index in [1.54, 1.807) is 12.3 Å². The summed E-state index contributed by atoms with van der Waals surface area (Å²) in [5.41, 5.74) is -0.280. The number of aliphatic carboxylic acids is 1. The van der Waals surface area contributed by atoms with E-state index in [4.69, 9.17) is 29.2 Å². The standard InChI is InChI=1S/C57H68N8O18/c1-30-19-31(2)21-35(20-30)47-45-34(14-16-60-45)26-65(47)83-49-52(80-38-12-13-39-42(22-38)79-27-40(48(39)73)32-7-10-37(70)11-8-32)81-53(55(77,28-68)57(49,78)43(71)5-3-17-66)56(29-69,82-51(76)46(50(74)75)59-15-4-18-67)64-54(58)62-25-36-9-6-33-24-61-44(72)23-41(33)63-36/h6-14,16,18-22,26-27,33,36,41,43-44,46,49,52-53,59-61,63,66,68-72,77-78H,3-5,15,17,23-25,28-29H2,1-2H3,(H,74,75)(H3,58,62,64). The minimum absolute atomic E-state index is 0.0229. The summed E-state index contributed by atoms with van der Waals surface area (Å²) in [5.74, 6) is -4.40. The lowest BCUT2D eigenvalue weighted by molar-refractivity contribution is -0.400. The first kappa shape index (κ1) is 59.9. The number of carboxylic acids is 1. The van der Waals surface area contributed by atoms with Crippen LogP contribution >= 0.6 is 0 Å². The third-order valence-electron chi connectivity index (χ3n) is 15.3. The van der Waals surface area contributed by atoms with Crippen molar-refractivity contribution in [3.8, 4) is 33.9 Å². The average molecular weight is 1150 g/mol. The van der Waals surface area contributed by atoms with Gasteiger partial charge in [-0.05, 0) is 74.7 Å². The summed E-state index contributed by atoms with van der Waals surface area (Å²) in [5, 5.41) is 116. The van der Waals surface area contributed by atoms with Gasteiger partial charge in [0, 0.05) is 73.8 Å². The molecule has 9 rings (SSSR count). The van der Waals surface area contributed by atoms with Crippen LogP contribution < -0.4 is 42.0 Å². The molecule has 444 valence electrons. The quantitative estimate of drug-likeness (QED) is 0.00563. The summed E-state index contributed by atoms with van der Waals surface area (Å²) < 4.78 is 26.4. The van der Waals surface area contributed by atoms with Crippen LogP contribution in [0.2, 0.25) is 0 Å². The minimum Gasteiger partial charge on any atom is -0.508 e. The number of phenols is 1. The Morgan fingerprint density at radius 1 is 1.04 bits per heavy atom. The highest BCUT2D eigenvalue weighted by molar-refractivity contribution is 5.98. The maximum absolute atomic E-state index is 14.4. The number of benzene rings is 3. The number of aliphatic imine (C=N–C) groups is 1. The van der Waals surface area contributed by atoms with E-state index in [0.717, 1.165) is 11.1 Å². The number of hydrogen-bond donors (Lipinski definition) is 15. The summed E-state index contributed by atoms with van der Waals surface area (Å²) in [6, 6.07) is 14.1. The number of nitrogens with zero attached hydrogens (tertiary/aromatic N) is 2. The van der Waals surface area contributed by atoms with Crippen LogP contribution in [-0.2, 0) is 23.9 Å². The number of carbonyl (C=O) groups is 3.